The molecule has 7 heteroatoms. The number of aryl methyl sites for hydroxylation is 1. The maximum absolute atomic E-state index is 12.2. The summed E-state index contributed by atoms with van der Waals surface area (Å²) in [5.74, 6) is 0. The molecule has 0 aliphatic carbocycles. The molecule has 2 aromatic rings. The second-order valence-corrected chi connectivity index (χ2v) is 8.13. The van der Waals surface area contributed by atoms with E-state index < -0.39 is 10.0 Å². The molecule has 27 heavy (non-hydrogen) atoms. The second kappa shape index (κ2) is 10.1. The van der Waals surface area contributed by atoms with Crippen LogP contribution in [-0.2, 0) is 10.0 Å². The molecular weight excluding hydrogens is 362 g/mol. The highest BCUT2D eigenvalue weighted by molar-refractivity contribution is 7.89. The molecule has 6 nitrogen and oxygen atoms in total. The highest BCUT2D eigenvalue weighted by Gasteiger charge is 2.15. The molecule has 0 spiro atoms. The highest BCUT2D eigenvalue weighted by atomic mass is 32.2. The van der Waals surface area contributed by atoms with Crippen molar-refractivity contribution in [3.8, 4) is 0 Å². The van der Waals surface area contributed by atoms with Crippen molar-refractivity contribution in [3.05, 3.63) is 65.7 Å². The zero-order valence-corrected chi connectivity index (χ0v) is 16.6. The van der Waals surface area contributed by atoms with Crippen LogP contribution in [0.1, 0.15) is 36.9 Å². The quantitative estimate of drug-likeness (QED) is 0.576. The van der Waals surface area contributed by atoms with Crippen LogP contribution in [0.15, 0.2) is 59.5 Å². The summed E-state index contributed by atoms with van der Waals surface area (Å²) < 4.78 is 26.9. The van der Waals surface area contributed by atoms with E-state index in [2.05, 4.69) is 22.3 Å². The minimum atomic E-state index is -3.57. The Balaban J connectivity index is 1.80. The number of hydrogen-bond acceptors (Lipinski definition) is 3. The number of hydrogen-bond donors (Lipinski definition) is 3. The van der Waals surface area contributed by atoms with Gasteiger partial charge in [-0.1, -0.05) is 61.4 Å². The summed E-state index contributed by atoms with van der Waals surface area (Å²) in [6.07, 6.45) is 1.77. The first-order chi connectivity index (χ1) is 12.9. The molecule has 0 radical (unpaired) electrons. The van der Waals surface area contributed by atoms with E-state index in [-0.39, 0.29) is 30.1 Å². The first-order valence-corrected chi connectivity index (χ1v) is 10.6. The number of carbonyl (C=O) groups excluding carboxylic acids is 1. The van der Waals surface area contributed by atoms with Crippen LogP contribution in [-0.4, -0.2) is 27.5 Å². The smallest absolute Gasteiger partial charge is 0.315 e. The Morgan fingerprint density at radius 3 is 2.30 bits per heavy atom. The Hall–Kier alpha value is -2.38. The van der Waals surface area contributed by atoms with Crippen molar-refractivity contribution >= 4 is 16.1 Å². The fraction of sp³-hybridized carbons (Fsp3) is 0.350. The molecule has 0 aromatic heterocycles. The lowest BCUT2D eigenvalue weighted by Crippen LogP contribution is -2.41. The fourth-order valence-electron chi connectivity index (χ4n) is 2.67. The number of benzene rings is 2. The zero-order valence-electron chi connectivity index (χ0n) is 15.7. The second-order valence-electron chi connectivity index (χ2n) is 6.36. The molecule has 3 N–H and O–H groups in total. The molecule has 2 amide bonds. The van der Waals surface area contributed by atoms with Crippen molar-refractivity contribution < 1.29 is 13.2 Å². The SMILES string of the molecule is CCCC(NC(=O)NCCNS(=O)(=O)c1ccc(C)cc1)c1ccccc1. The number of urea groups is 1. The molecule has 1 atom stereocenters. The molecule has 0 saturated carbocycles. The van der Waals surface area contributed by atoms with Crippen LogP contribution in [0.2, 0.25) is 0 Å². The van der Waals surface area contributed by atoms with Crippen LogP contribution in [0, 0.1) is 6.92 Å². The van der Waals surface area contributed by atoms with Crippen molar-refractivity contribution in [2.75, 3.05) is 13.1 Å². The standard InChI is InChI=1S/C20H27N3O3S/c1-3-7-19(17-8-5-4-6-9-17)23-20(24)21-14-15-22-27(25,26)18-12-10-16(2)11-13-18/h4-6,8-13,19,22H,3,7,14-15H2,1-2H3,(H2,21,23,24). The van der Waals surface area contributed by atoms with Gasteiger partial charge in [0.2, 0.25) is 10.0 Å². The molecule has 0 fully saturated rings. The van der Waals surface area contributed by atoms with E-state index in [0.717, 1.165) is 24.0 Å². The van der Waals surface area contributed by atoms with E-state index in [1.54, 1.807) is 24.3 Å². The van der Waals surface area contributed by atoms with Crippen molar-refractivity contribution in [2.45, 2.75) is 37.6 Å². The van der Waals surface area contributed by atoms with Gasteiger partial charge in [-0.15, -0.1) is 0 Å². The van der Waals surface area contributed by atoms with Gasteiger partial charge >= 0.3 is 6.03 Å². The Bertz CT molecular complexity index is 821. The predicted octanol–water partition coefficient (Wildman–Crippen LogP) is 3.11. The first kappa shape index (κ1) is 20.9. The molecular formula is C20H27N3O3S. The maximum atomic E-state index is 12.2. The normalized spacial score (nSPS) is 12.4. The Morgan fingerprint density at radius 1 is 1.00 bits per heavy atom. The van der Waals surface area contributed by atoms with Crippen molar-refractivity contribution in [3.63, 3.8) is 0 Å². The Labute approximate surface area is 161 Å². The first-order valence-electron chi connectivity index (χ1n) is 9.08. The van der Waals surface area contributed by atoms with E-state index in [4.69, 9.17) is 0 Å². The van der Waals surface area contributed by atoms with E-state index in [0.29, 0.717) is 0 Å². The number of rotatable bonds is 9. The van der Waals surface area contributed by atoms with Gasteiger partial charge in [-0.25, -0.2) is 17.9 Å². The molecule has 0 heterocycles. The van der Waals surface area contributed by atoms with E-state index >= 15 is 0 Å². The van der Waals surface area contributed by atoms with E-state index in [1.165, 1.54) is 0 Å². The van der Waals surface area contributed by atoms with Gasteiger partial charge in [0.1, 0.15) is 0 Å². The van der Waals surface area contributed by atoms with Crippen LogP contribution in [0.25, 0.3) is 0 Å². The molecule has 0 bridgehead atoms. The van der Waals surface area contributed by atoms with Crippen molar-refractivity contribution in [1.29, 1.82) is 0 Å². The molecule has 2 aromatic carbocycles. The molecule has 0 aliphatic heterocycles. The Morgan fingerprint density at radius 2 is 1.67 bits per heavy atom. The molecule has 0 aliphatic rings. The summed E-state index contributed by atoms with van der Waals surface area (Å²) >= 11 is 0. The van der Waals surface area contributed by atoms with Crippen molar-refractivity contribution in [1.82, 2.24) is 15.4 Å². The van der Waals surface area contributed by atoms with E-state index in [9.17, 15) is 13.2 Å². The molecule has 2 rings (SSSR count). The largest absolute Gasteiger partial charge is 0.337 e. The summed E-state index contributed by atoms with van der Waals surface area (Å²) in [6, 6.07) is 16.0. The number of carbonyl (C=O) groups is 1. The average molecular weight is 390 g/mol. The minimum Gasteiger partial charge on any atom is -0.337 e. The van der Waals surface area contributed by atoms with Crippen LogP contribution in [0.3, 0.4) is 0 Å². The number of nitrogens with one attached hydrogen (secondary N) is 3. The predicted molar refractivity (Wildman–Crippen MR) is 107 cm³/mol. The van der Waals surface area contributed by atoms with Crippen LogP contribution in [0.4, 0.5) is 4.79 Å². The third-order valence-electron chi connectivity index (χ3n) is 4.12. The van der Waals surface area contributed by atoms with Gasteiger partial charge in [0.05, 0.1) is 10.9 Å². The summed E-state index contributed by atoms with van der Waals surface area (Å²) in [4.78, 5) is 12.3. The third-order valence-corrected chi connectivity index (χ3v) is 5.60. The number of amides is 2. The topological polar surface area (TPSA) is 87.3 Å². The van der Waals surface area contributed by atoms with E-state index in [1.807, 2.05) is 37.3 Å². The summed E-state index contributed by atoms with van der Waals surface area (Å²) in [5.41, 5.74) is 2.04. The highest BCUT2D eigenvalue weighted by Crippen LogP contribution is 2.17. The van der Waals surface area contributed by atoms with Gasteiger partial charge in [0.15, 0.2) is 0 Å². The number of sulfonamides is 1. The molecule has 0 saturated heterocycles. The summed E-state index contributed by atoms with van der Waals surface area (Å²) in [6.45, 7) is 4.28. The lowest BCUT2D eigenvalue weighted by molar-refractivity contribution is 0.236. The van der Waals surface area contributed by atoms with Gasteiger partial charge in [-0.3, -0.25) is 0 Å². The summed E-state index contributed by atoms with van der Waals surface area (Å²) in [7, 11) is -3.57. The van der Waals surface area contributed by atoms with Gasteiger partial charge in [0, 0.05) is 13.1 Å². The lowest BCUT2D eigenvalue weighted by Gasteiger charge is -2.19. The van der Waals surface area contributed by atoms with Gasteiger partial charge in [-0.05, 0) is 31.0 Å². The Kier molecular flexibility index (Phi) is 7.82. The lowest BCUT2D eigenvalue weighted by atomic mass is 10.0. The van der Waals surface area contributed by atoms with Crippen LogP contribution >= 0.6 is 0 Å². The van der Waals surface area contributed by atoms with Gasteiger partial charge in [0.25, 0.3) is 0 Å². The van der Waals surface area contributed by atoms with Crippen LogP contribution in [0.5, 0.6) is 0 Å². The van der Waals surface area contributed by atoms with Crippen LogP contribution < -0.4 is 15.4 Å². The third kappa shape index (κ3) is 6.69. The fourth-order valence-corrected chi connectivity index (χ4v) is 3.70. The van der Waals surface area contributed by atoms with Crippen molar-refractivity contribution in [2.24, 2.45) is 0 Å². The zero-order chi connectivity index (χ0) is 19.7. The minimum absolute atomic E-state index is 0.0690. The van der Waals surface area contributed by atoms with Gasteiger partial charge < -0.3 is 10.6 Å². The maximum Gasteiger partial charge on any atom is 0.315 e. The summed E-state index contributed by atoms with van der Waals surface area (Å²) in [5, 5.41) is 5.64. The van der Waals surface area contributed by atoms with Gasteiger partial charge in [-0.2, -0.15) is 0 Å². The average Bonchev–Trinajstić information content (AvgIpc) is 2.66. The monoisotopic (exact) mass is 389 g/mol. The molecule has 1 unspecified atom stereocenters. The molecule has 146 valence electrons.